The van der Waals surface area contributed by atoms with Gasteiger partial charge in [-0.1, -0.05) is 18.2 Å². The van der Waals surface area contributed by atoms with Crippen molar-refractivity contribution in [3.63, 3.8) is 0 Å². The van der Waals surface area contributed by atoms with E-state index in [0.717, 1.165) is 0 Å². The third-order valence-electron chi connectivity index (χ3n) is 4.64. The van der Waals surface area contributed by atoms with Crippen LogP contribution in [0.3, 0.4) is 0 Å². The van der Waals surface area contributed by atoms with Gasteiger partial charge in [0.05, 0.1) is 23.1 Å². The third-order valence-corrected chi connectivity index (χ3v) is 6.39. The number of sulfone groups is 1. The SMILES string of the molecule is CC(=O)Nc1ccc(C(=O)OCC(=O)N(c2ccccc2)[C@H]2CCS(=O)(=O)C2)cc1. The lowest BCUT2D eigenvalue weighted by Gasteiger charge is -2.28. The standard InChI is InChI=1S/C21H22N2O6S/c1-15(24)22-17-9-7-16(8-10-17)21(26)29-13-20(25)23(18-5-3-2-4-6-18)19-11-12-30(27,28)14-19/h2-10,19H,11-14H2,1H3,(H,22,24)/t19-/m0/s1. The molecule has 1 N–H and O–H groups in total. The largest absolute Gasteiger partial charge is 0.452 e. The number of carbonyl (C=O) groups excluding carboxylic acids is 3. The zero-order chi connectivity index (χ0) is 21.7. The van der Waals surface area contributed by atoms with Crippen molar-refractivity contribution in [3.8, 4) is 0 Å². The van der Waals surface area contributed by atoms with Crippen LogP contribution in [0.5, 0.6) is 0 Å². The van der Waals surface area contributed by atoms with E-state index in [0.29, 0.717) is 17.8 Å². The Hall–Kier alpha value is -3.20. The van der Waals surface area contributed by atoms with Crippen LogP contribution in [0.1, 0.15) is 23.7 Å². The molecule has 0 bridgehead atoms. The summed E-state index contributed by atoms with van der Waals surface area (Å²) >= 11 is 0. The number of esters is 1. The molecule has 158 valence electrons. The highest BCUT2D eigenvalue weighted by atomic mass is 32.2. The first kappa shape index (κ1) is 21.5. The molecule has 1 heterocycles. The van der Waals surface area contributed by atoms with E-state index in [-0.39, 0.29) is 23.0 Å². The second-order valence-corrected chi connectivity index (χ2v) is 9.22. The Bertz CT molecular complexity index is 1030. The van der Waals surface area contributed by atoms with E-state index < -0.39 is 34.4 Å². The molecular formula is C21H22N2O6S. The van der Waals surface area contributed by atoms with E-state index in [1.807, 2.05) is 0 Å². The van der Waals surface area contributed by atoms with Crippen molar-refractivity contribution in [2.45, 2.75) is 19.4 Å². The summed E-state index contributed by atoms with van der Waals surface area (Å²) in [6.45, 7) is 0.861. The fourth-order valence-electron chi connectivity index (χ4n) is 3.30. The van der Waals surface area contributed by atoms with Crippen LogP contribution in [-0.4, -0.2) is 50.4 Å². The van der Waals surface area contributed by atoms with Crippen molar-refractivity contribution in [1.29, 1.82) is 0 Å². The van der Waals surface area contributed by atoms with Crippen molar-refractivity contribution >= 4 is 39.0 Å². The third kappa shape index (κ3) is 5.44. The van der Waals surface area contributed by atoms with Gasteiger partial charge in [0.25, 0.3) is 5.91 Å². The molecule has 30 heavy (non-hydrogen) atoms. The average Bonchev–Trinajstić information content (AvgIpc) is 3.06. The summed E-state index contributed by atoms with van der Waals surface area (Å²) in [6.07, 6.45) is 0.335. The molecule has 0 spiro atoms. The molecule has 0 aliphatic carbocycles. The topological polar surface area (TPSA) is 110 Å². The predicted molar refractivity (Wildman–Crippen MR) is 112 cm³/mol. The molecule has 1 fully saturated rings. The highest BCUT2D eigenvalue weighted by molar-refractivity contribution is 7.91. The highest BCUT2D eigenvalue weighted by Crippen LogP contribution is 2.24. The van der Waals surface area contributed by atoms with E-state index in [2.05, 4.69) is 5.32 Å². The Morgan fingerprint density at radius 2 is 1.73 bits per heavy atom. The van der Waals surface area contributed by atoms with Gasteiger partial charge in [0.2, 0.25) is 5.91 Å². The van der Waals surface area contributed by atoms with E-state index in [1.165, 1.54) is 24.0 Å². The fourth-order valence-corrected chi connectivity index (χ4v) is 5.00. The molecule has 3 rings (SSSR count). The first-order chi connectivity index (χ1) is 14.2. The van der Waals surface area contributed by atoms with E-state index in [9.17, 15) is 22.8 Å². The summed E-state index contributed by atoms with van der Waals surface area (Å²) in [6, 6.07) is 14.3. The van der Waals surface area contributed by atoms with Gasteiger partial charge in [-0.15, -0.1) is 0 Å². The molecule has 8 nitrogen and oxygen atoms in total. The number of para-hydroxylation sites is 1. The van der Waals surface area contributed by atoms with Crippen LogP contribution < -0.4 is 10.2 Å². The molecular weight excluding hydrogens is 408 g/mol. The summed E-state index contributed by atoms with van der Waals surface area (Å²) in [5.41, 5.74) is 1.32. The lowest BCUT2D eigenvalue weighted by Crippen LogP contribution is -2.43. The average molecular weight is 430 g/mol. The number of ether oxygens (including phenoxy) is 1. The van der Waals surface area contributed by atoms with Gasteiger partial charge in [0, 0.05) is 18.3 Å². The van der Waals surface area contributed by atoms with Gasteiger partial charge in [-0.2, -0.15) is 0 Å². The first-order valence-corrected chi connectivity index (χ1v) is 11.2. The molecule has 1 aliphatic heterocycles. The maximum absolute atomic E-state index is 12.9. The minimum Gasteiger partial charge on any atom is -0.452 e. The molecule has 2 aromatic rings. The summed E-state index contributed by atoms with van der Waals surface area (Å²) in [5, 5.41) is 2.59. The van der Waals surface area contributed by atoms with Gasteiger partial charge in [0.1, 0.15) is 0 Å². The zero-order valence-electron chi connectivity index (χ0n) is 16.4. The van der Waals surface area contributed by atoms with Gasteiger partial charge in [-0.05, 0) is 42.8 Å². The van der Waals surface area contributed by atoms with Crippen LogP contribution in [0.2, 0.25) is 0 Å². The van der Waals surface area contributed by atoms with Crippen LogP contribution in [0, 0.1) is 0 Å². The molecule has 1 aliphatic rings. The van der Waals surface area contributed by atoms with Gasteiger partial charge in [0.15, 0.2) is 16.4 Å². The smallest absolute Gasteiger partial charge is 0.338 e. The van der Waals surface area contributed by atoms with Crippen LogP contribution in [0.4, 0.5) is 11.4 Å². The summed E-state index contributed by atoms with van der Waals surface area (Å²) < 4.78 is 28.9. The second-order valence-electron chi connectivity index (χ2n) is 6.99. The van der Waals surface area contributed by atoms with E-state index >= 15 is 0 Å². The quantitative estimate of drug-likeness (QED) is 0.702. The Morgan fingerprint density at radius 1 is 1.07 bits per heavy atom. The molecule has 1 saturated heterocycles. The van der Waals surface area contributed by atoms with Crippen molar-refractivity contribution in [2.24, 2.45) is 0 Å². The predicted octanol–water partition coefficient (Wildman–Crippen LogP) is 2.02. The minimum absolute atomic E-state index is 0.0225. The number of benzene rings is 2. The number of carbonyl (C=O) groups is 3. The maximum Gasteiger partial charge on any atom is 0.338 e. The Balaban J connectivity index is 1.68. The van der Waals surface area contributed by atoms with Crippen LogP contribution in [-0.2, 0) is 24.2 Å². The van der Waals surface area contributed by atoms with Gasteiger partial charge < -0.3 is 15.0 Å². The van der Waals surface area contributed by atoms with Crippen molar-refractivity contribution < 1.29 is 27.5 Å². The van der Waals surface area contributed by atoms with Gasteiger partial charge in [-0.25, -0.2) is 13.2 Å². The fraction of sp³-hybridized carbons (Fsp3) is 0.286. The molecule has 0 unspecified atom stereocenters. The maximum atomic E-state index is 12.9. The summed E-state index contributed by atoms with van der Waals surface area (Å²) in [4.78, 5) is 37.6. The Labute approximate surface area is 174 Å². The Morgan fingerprint density at radius 3 is 2.30 bits per heavy atom. The lowest BCUT2D eigenvalue weighted by molar-refractivity contribution is -0.122. The first-order valence-electron chi connectivity index (χ1n) is 9.37. The molecule has 2 amide bonds. The van der Waals surface area contributed by atoms with Crippen LogP contribution >= 0.6 is 0 Å². The monoisotopic (exact) mass is 430 g/mol. The molecule has 2 aromatic carbocycles. The minimum atomic E-state index is -3.20. The molecule has 0 aromatic heterocycles. The number of nitrogens with zero attached hydrogens (tertiary/aromatic N) is 1. The van der Waals surface area contributed by atoms with Crippen LogP contribution in [0.15, 0.2) is 54.6 Å². The van der Waals surface area contributed by atoms with Crippen molar-refractivity contribution in [3.05, 3.63) is 60.2 Å². The number of nitrogens with one attached hydrogen (secondary N) is 1. The highest BCUT2D eigenvalue weighted by Gasteiger charge is 2.35. The second kappa shape index (κ2) is 9.08. The zero-order valence-corrected chi connectivity index (χ0v) is 17.2. The number of hydrogen-bond acceptors (Lipinski definition) is 6. The Kier molecular flexibility index (Phi) is 6.51. The summed E-state index contributed by atoms with van der Waals surface area (Å²) in [7, 11) is -3.20. The summed E-state index contributed by atoms with van der Waals surface area (Å²) in [5.74, 6) is -1.51. The molecule has 0 radical (unpaired) electrons. The van der Waals surface area contributed by atoms with Gasteiger partial charge in [-0.3, -0.25) is 9.59 Å². The molecule has 1 atom stereocenters. The number of rotatable bonds is 6. The normalized spacial score (nSPS) is 17.2. The van der Waals surface area contributed by atoms with E-state index in [4.69, 9.17) is 4.74 Å². The van der Waals surface area contributed by atoms with Crippen molar-refractivity contribution in [1.82, 2.24) is 0 Å². The molecule has 0 saturated carbocycles. The number of anilines is 2. The van der Waals surface area contributed by atoms with Crippen molar-refractivity contribution in [2.75, 3.05) is 28.3 Å². The molecule has 9 heteroatoms. The van der Waals surface area contributed by atoms with E-state index in [1.54, 1.807) is 42.5 Å². The van der Waals surface area contributed by atoms with Crippen LogP contribution in [0.25, 0.3) is 0 Å². The lowest BCUT2D eigenvalue weighted by atomic mass is 10.2. The number of hydrogen-bond donors (Lipinski definition) is 1. The van der Waals surface area contributed by atoms with Gasteiger partial charge >= 0.3 is 5.97 Å². The number of amides is 2.